The quantitative estimate of drug-likeness (QED) is 0.441. The van der Waals surface area contributed by atoms with Gasteiger partial charge >= 0.3 is 5.97 Å². The molecule has 0 aliphatic rings. The zero-order valence-corrected chi connectivity index (χ0v) is 13.9. The van der Waals surface area contributed by atoms with Crippen LogP contribution >= 0.6 is 0 Å². The predicted octanol–water partition coefficient (Wildman–Crippen LogP) is 1.10. The van der Waals surface area contributed by atoms with Crippen LogP contribution in [0.1, 0.15) is 40.5 Å². The van der Waals surface area contributed by atoms with Crippen molar-refractivity contribution < 1.29 is 19.1 Å². The van der Waals surface area contributed by atoms with E-state index in [0.29, 0.717) is 25.5 Å². The zero-order chi connectivity index (χ0) is 16.3. The van der Waals surface area contributed by atoms with Crippen LogP contribution in [0.4, 0.5) is 0 Å². The number of carbonyl (C=O) groups is 2. The van der Waals surface area contributed by atoms with Gasteiger partial charge in [0.2, 0.25) is 5.91 Å². The Kier molecular flexibility index (Phi) is 10.9. The van der Waals surface area contributed by atoms with Crippen LogP contribution in [0.5, 0.6) is 0 Å². The van der Waals surface area contributed by atoms with Gasteiger partial charge in [-0.05, 0) is 32.6 Å². The summed E-state index contributed by atoms with van der Waals surface area (Å²) in [5, 5.41) is 5.73. The van der Waals surface area contributed by atoms with Crippen molar-refractivity contribution in [2.24, 2.45) is 5.92 Å². The summed E-state index contributed by atoms with van der Waals surface area (Å²) in [6.45, 7) is 9.30. The van der Waals surface area contributed by atoms with Crippen molar-refractivity contribution in [3.8, 4) is 0 Å². The lowest BCUT2D eigenvalue weighted by molar-refractivity contribution is -0.143. The van der Waals surface area contributed by atoms with Gasteiger partial charge in [-0.2, -0.15) is 0 Å². The van der Waals surface area contributed by atoms with Gasteiger partial charge in [0, 0.05) is 13.2 Å². The summed E-state index contributed by atoms with van der Waals surface area (Å²) < 4.78 is 10.1. The summed E-state index contributed by atoms with van der Waals surface area (Å²) in [6, 6.07) is -0.440. The number of hydrogen-bond acceptors (Lipinski definition) is 5. The molecular weight excluding hydrogens is 272 g/mol. The number of ether oxygens (including phenoxy) is 2. The smallest absolute Gasteiger partial charge is 0.322 e. The van der Waals surface area contributed by atoms with Crippen LogP contribution in [-0.4, -0.2) is 50.8 Å². The topological polar surface area (TPSA) is 76.7 Å². The van der Waals surface area contributed by atoms with E-state index in [4.69, 9.17) is 9.47 Å². The molecule has 6 nitrogen and oxygen atoms in total. The summed E-state index contributed by atoms with van der Waals surface area (Å²) in [5.41, 5.74) is 0. The summed E-state index contributed by atoms with van der Waals surface area (Å²) in [5.74, 6) is -0.114. The Labute approximate surface area is 127 Å². The van der Waals surface area contributed by atoms with E-state index in [-0.39, 0.29) is 24.5 Å². The molecule has 0 saturated heterocycles. The van der Waals surface area contributed by atoms with E-state index in [1.165, 1.54) is 7.11 Å². The first kappa shape index (κ1) is 19.9. The summed E-state index contributed by atoms with van der Waals surface area (Å²) >= 11 is 0. The third-order valence-corrected chi connectivity index (χ3v) is 2.80. The monoisotopic (exact) mass is 302 g/mol. The SMILES string of the molecule is COC(=O)C(CC(C)C)NCC(=O)NCCCOC(C)C. The van der Waals surface area contributed by atoms with Crippen LogP contribution in [-0.2, 0) is 19.1 Å². The van der Waals surface area contributed by atoms with Crippen molar-refractivity contribution in [1.29, 1.82) is 0 Å². The highest BCUT2D eigenvalue weighted by Gasteiger charge is 2.20. The molecule has 1 atom stereocenters. The van der Waals surface area contributed by atoms with Crippen LogP contribution in [0.2, 0.25) is 0 Å². The van der Waals surface area contributed by atoms with Crippen molar-refractivity contribution in [3.63, 3.8) is 0 Å². The average Bonchev–Trinajstić information content (AvgIpc) is 2.41. The second kappa shape index (κ2) is 11.5. The summed E-state index contributed by atoms with van der Waals surface area (Å²) in [4.78, 5) is 23.3. The molecule has 0 saturated carbocycles. The first-order valence-corrected chi connectivity index (χ1v) is 7.56. The Morgan fingerprint density at radius 3 is 2.33 bits per heavy atom. The molecule has 0 aromatic carbocycles. The number of amides is 1. The van der Waals surface area contributed by atoms with E-state index in [0.717, 1.165) is 6.42 Å². The Morgan fingerprint density at radius 2 is 1.81 bits per heavy atom. The Morgan fingerprint density at radius 1 is 1.14 bits per heavy atom. The fourth-order valence-corrected chi connectivity index (χ4v) is 1.77. The molecule has 0 heterocycles. The van der Waals surface area contributed by atoms with Gasteiger partial charge in [-0.3, -0.25) is 14.9 Å². The van der Waals surface area contributed by atoms with Crippen molar-refractivity contribution in [2.45, 2.75) is 52.7 Å². The normalized spacial score (nSPS) is 12.5. The van der Waals surface area contributed by atoms with E-state index in [2.05, 4.69) is 10.6 Å². The summed E-state index contributed by atoms with van der Waals surface area (Å²) in [6.07, 6.45) is 1.62. The molecule has 124 valence electrons. The van der Waals surface area contributed by atoms with Gasteiger partial charge in [0.05, 0.1) is 19.8 Å². The number of rotatable bonds is 11. The van der Waals surface area contributed by atoms with E-state index in [1.807, 2.05) is 27.7 Å². The number of hydrogen-bond donors (Lipinski definition) is 2. The molecule has 0 aliphatic heterocycles. The maximum Gasteiger partial charge on any atom is 0.322 e. The third-order valence-electron chi connectivity index (χ3n) is 2.80. The molecule has 0 aromatic rings. The van der Waals surface area contributed by atoms with E-state index >= 15 is 0 Å². The lowest BCUT2D eigenvalue weighted by atomic mass is 10.0. The van der Waals surface area contributed by atoms with Crippen molar-refractivity contribution in [2.75, 3.05) is 26.8 Å². The molecule has 0 fully saturated rings. The molecule has 2 N–H and O–H groups in total. The minimum Gasteiger partial charge on any atom is -0.468 e. The minimum absolute atomic E-state index is 0.109. The molecule has 0 rings (SSSR count). The van der Waals surface area contributed by atoms with Gasteiger partial charge < -0.3 is 14.8 Å². The molecule has 1 amide bonds. The standard InChI is InChI=1S/C15H30N2O4/c1-11(2)9-13(15(19)20-5)17-10-14(18)16-7-6-8-21-12(3)4/h11-13,17H,6-10H2,1-5H3,(H,16,18). The van der Waals surface area contributed by atoms with Crippen molar-refractivity contribution in [1.82, 2.24) is 10.6 Å². The Balaban J connectivity index is 3.89. The van der Waals surface area contributed by atoms with E-state index in [1.54, 1.807) is 0 Å². The maximum atomic E-state index is 11.7. The summed E-state index contributed by atoms with van der Waals surface area (Å²) in [7, 11) is 1.35. The highest BCUT2D eigenvalue weighted by molar-refractivity contribution is 5.80. The van der Waals surface area contributed by atoms with Gasteiger partial charge in [0.15, 0.2) is 0 Å². The van der Waals surface area contributed by atoms with E-state index < -0.39 is 6.04 Å². The first-order valence-electron chi connectivity index (χ1n) is 7.56. The molecule has 0 aliphatic carbocycles. The van der Waals surface area contributed by atoms with Gasteiger partial charge in [0.1, 0.15) is 6.04 Å². The Bertz CT molecular complexity index is 306. The number of methoxy groups -OCH3 is 1. The van der Waals surface area contributed by atoms with Crippen LogP contribution in [0, 0.1) is 5.92 Å². The lowest BCUT2D eigenvalue weighted by Gasteiger charge is -2.18. The second-order valence-corrected chi connectivity index (χ2v) is 5.71. The maximum absolute atomic E-state index is 11.7. The van der Waals surface area contributed by atoms with Crippen LogP contribution < -0.4 is 10.6 Å². The first-order chi connectivity index (χ1) is 9.86. The van der Waals surface area contributed by atoms with E-state index in [9.17, 15) is 9.59 Å². The van der Waals surface area contributed by atoms with Gasteiger partial charge in [-0.15, -0.1) is 0 Å². The molecule has 1 unspecified atom stereocenters. The zero-order valence-electron chi connectivity index (χ0n) is 13.9. The number of esters is 1. The number of nitrogens with one attached hydrogen (secondary N) is 2. The molecule has 21 heavy (non-hydrogen) atoms. The largest absolute Gasteiger partial charge is 0.468 e. The van der Waals surface area contributed by atoms with Crippen molar-refractivity contribution in [3.05, 3.63) is 0 Å². The molecule has 0 bridgehead atoms. The predicted molar refractivity (Wildman–Crippen MR) is 82.0 cm³/mol. The Hall–Kier alpha value is -1.14. The molecule has 0 spiro atoms. The molecule has 0 radical (unpaired) electrons. The fraction of sp³-hybridized carbons (Fsp3) is 0.867. The van der Waals surface area contributed by atoms with Crippen LogP contribution in [0.3, 0.4) is 0 Å². The van der Waals surface area contributed by atoms with Crippen molar-refractivity contribution >= 4 is 11.9 Å². The van der Waals surface area contributed by atoms with Gasteiger partial charge in [-0.1, -0.05) is 13.8 Å². The molecular formula is C15H30N2O4. The third kappa shape index (κ3) is 11.2. The fourth-order valence-electron chi connectivity index (χ4n) is 1.77. The molecule has 0 aromatic heterocycles. The minimum atomic E-state index is -0.440. The van der Waals surface area contributed by atoms with Gasteiger partial charge in [-0.25, -0.2) is 0 Å². The average molecular weight is 302 g/mol. The highest BCUT2D eigenvalue weighted by atomic mass is 16.5. The van der Waals surface area contributed by atoms with Crippen LogP contribution in [0.25, 0.3) is 0 Å². The molecule has 6 heteroatoms. The van der Waals surface area contributed by atoms with Gasteiger partial charge in [0.25, 0.3) is 0 Å². The lowest BCUT2D eigenvalue weighted by Crippen LogP contribution is -2.44. The number of carbonyl (C=O) groups excluding carboxylic acids is 2. The highest BCUT2D eigenvalue weighted by Crippen LogP contribution is 2.05. The second-order valence-electron chi connectivity index (χ2n) is 5.71. The van der Waals surface area contributed by atoms with Crippen LogP contribution in [0.15, 0.2) is 0 Å².